The van der Waals surface area contributed by atoms with Gasteiger partial charge in [-0.15, -0.1) is 0 Å². The van der Waals surface area contributed by atoms with Crippen LogP contribution in [-0.2, 0) is 9.53 Å². The van der Waals surface area contributed by atoms with Crippen LogP contribution in [0.2, 0.25) is 0 Å². The molecule has 0 saturated heterocycles. The molecule has 0 aromatic heterocycles. The molecular weight excluding hydrogens is 399 g/mol. The monoisotopic (exact) mass is 434 g/mol. The Morgan fingerprint density at radius 2 is 1.16 bits per heavy atom. The molecule has 2 nitrogen and oxygen atoms in total. The maximum atomic E-state index is 12.3. The first kappa shape index (κ1) is 23.2. The Balaban J connectivity index is 1.93. The molecule has 0 saturated carbocycles. The van der Waals surface area contributed by atoms with E-state index >= 15 is 0 Å². The van der Waals surface area contributed by atoms with E-state index in [1.807, 2.05) is 20.8 Å². The Morgan fingerprint density at radius 1 is 0.742 bits per heavy atom. The van der Waals surface area contributed by atoms with Gasteiger partial charge in [0.1, 0.15) is 0 Å². The average molecular weight is 435 g/mol. The van der Waals surface area contributed by atoms with Crippen LogP contribution in [0.25, 0.3) is 0 Å². The van der Waals surface area contributed by atoms with E-state index in [0.29, 0.717) is 6.61 Å². The molecule has 0 amide bonds. The van der Waals surface area contributed by atoms with Gasteiger partial charge in [-0.2, -0.15) is 0 Å². The number of ether oxygens (including phenoxy) is 1. The molecule has 0 spiro atoms. The molecular formula is C28H35O2P. The Bertz CT molecular complexity index is 840. The summed E-state index contributed by atoms with van der Waals surface area (Å²) in [5.41, 5.74) is -0.438. The van der Waals surface area contributed by atoms with Crippen LogP contribution in [0.3, 0.4) is 0 Å². The topological polar surface area (TPSA) is 26.3 Å². The van der Waals surface area contributed by atoms with Gasteiger partial charge in [-0.25, -0.2) is 0 Å². The number of unbranched alkanes of at least 4 members (excludes halogenated alkanes) is 1. The van der Waals surface area contributed by atoms with Crippen molar-refractivity contribution >= 4 is 29.1 Å². The summed E-state index contributed by atoms with van der Waals surface area (Å²) in [6.07, 6.45) is 4.04. The predicted octanol–water partition coefficient (Wildman–Crippen LogP) is 5.47. The van der Waals surface area contributed by atoms with Gasteiger partial charge < -0.3 is 0 Å². The van der Waals surface area contributed by atoms with E-state index in [1.165, 1.54) is 15.9 Å². The summed E-state index contributed by atoms with van der Waals surface area (Å²) in [7, 11) is -2.18. The Morgan fingerprint density at radius 3 is 1.55 bits per heavy atom. The van der Waals surface area contributed by atoms with Crippen molar-refractivity contribution in [2.75, 3.05) is 12.8 Å². The molecule has 31 heavy (non-hydrogen) atoms. The summed E-state index contributed by atoms with van der Waals surface area (Å²) in [6, 6.07) is 33.1. The van der Waals surface area contributed by atoms with E-state index in [0.717, 1.165) is 25.4 Å². The third kappa shape index (κ3) is 5.43. The van der Waals surface area contributed by atoms with Crippen molar-refractivity contribution in [1.82, 2.24) is 0 Å². The van der Waals surface area contributed by atoms with Crippen LogP contribution in [0.4, 0.5) is 0 Å². The molecule has 3 aromatic carbocycles. The van der Waals surface area contributed by atoms with Crippen LogP contribution < -0.4 is 15.9 Å². The molecule has 3 rings (SSSR count). The molecule has 3 heteroatoms. The second kappa shape index (κ2) is 10.7. The summed E-state index contributed by atoms with van der Waals surface area (Å²) in [4.78, 5) is 12.3. The van der Waals surface area contributed by atoms with Gasteiger partial charge in [0.05, 0.1) is 0 Å². The first-order chi connectivity index (χ1) is 15.0. The minimum atomic E-state index is -2.18. The van der Waals surface area contributed by atoms with Crippen molar-refractivity contribution < 1.29 is 9.53 Å². The van der Waals surface area contributed by atoms with Crippen LogP contribution in [0.1, 0.15) is 40.0 Å². The van der Waals surface area contributed by atoms with Crippen LogP contribution in [0.5, 0.6) is 0 Å². The van der Waals surface area contributed by atoms with Crippen molar-refractivity contribution in [3.63, 3.8) is 0 Å². The fourth-order valence-electron chi connectivity index (χ4n) is 4.49. The van der Waals surface area contributed by atoms with Crippen molar-refractivity contribution in [2.45, 2.75) is 40.0 Å². The van der Waals surface area contributed by atoms with Crippen LogP contribution in [0.15, 0.2) is 91.0 Å². The molecule has 0 atom stereocenters. The molecule has 0 bridgehead atoms. The molecule has 0 unspecified atom stereocenters. The second-order valence-electron chi connectivity index (χ2n) is 8.81. The summed E-state index contributed by atoms with van der Waals surface area (Å²) >= 11 is 0. The SMILES string of the molecule is CCOC(=O)C(C)(C)CCCC[PH](c1ccccc1)(c1ccccc1)c1ccccc1. The first-order valence-corrected chi connectivity index (χ1v) is 13.6. The average Bonchev–Trinajstić information content (AvgIpc) is 2.81. The number of hydrogen-bond donors (Lipinski definition) is 0. The van der Waals surface area contributed by atoms with E-state index in [4.69, 9.17) is 4.74 Å². The number of rotatable bonds is 10. The molecule has 3 aromatic rings. The number of benzene rings is 3. The van der Waals surface area contributed by atoms with Crippen LogP contribution in [0, 0.1) is 5.41 Å². The van der Waals surface area contributed by atoms with Gasteiger partial charge in [-0.1, -0.05) is 0 Å². The zero-order valence-corrected chi connectivity index (χ0v) is 20.0. The van der Waals surface area contributed by atoms with Gasteiger partial charge in [-0.05, 0) is 0 Å². The van der Waals surface area contributed by atoms with Crippen LogP contribution >= 0.6 is 7.26 Å². The standard InChI is InChI=1S/C28H35O2P/c1-4-30-27(29)28(2,3)22-14-15-23-31(24-16-8-5-9-17-24,25-18-10-6-11-19-25)26-20-12-7-13-21-26/h5-13,16-21,31H,4,14-15,22-23H2,1-3H3. The Hall–Kier alpha value is -2.44. The minimum absolute atomic E-state index is 0.0901. The Labute approximate surface area is 188 Å². The predicted molar refractivity (Wildman–Crippen MR) is 136 cm³/mol. The second-order valence-corrected chi connectivity index (χ2v) is 12.9. The Kier molecular flexibility index (Phi) is 8.04. The van der Waals surface area contributed by atoms with Crippen molar-refractivity contribution in [1.29, 1.82) is 0 Å². The zero-order valence-electron chi connectivity index (χ0n) is 19.0. The molecule has 0 radical (unpaired) electrons. The normalized spacial score (nSPS) is 12.4. The fourth-order valence-corrected chi connectivity index (χ4v) is 9.42. The molecule has 164 valence electrons. The van der Waals surface area contributed by atoms with Gasteiger partial charge in [0.15, 0.2) is 0 Å². The quantitative estimate of drug-likeness (QED) is 0.240. The van der Waals surface area contributed by atoms with E-state index in [9.17, 15) is 4.79 Å². The van der Waals surface area contributed by atoms with Gasteiger partial charge >= 0.3 is 188 Å². The molecule has 0 aliphatic rings. The molecule has 0 heterocycles. The van der Waals surface area contributed by atoms with Gasteiger partial charge in [0.25, 0.3) is 0 Å². The summed E-state index contributed by atoms with van der Waals surface area (Å²) in [5.74, 6) is -0.0901. The van der Waals surface area contributed by atoms with E-state index < -0.39 is 12.7 Å². The first-order valence-electron chi connectivity index (χ1n) is 11.3. The van der Waals surface area contributed by atoms with E-state index in [1.54, 1.807) is 0 Å². The molecule has 0 N–H and O–H groups in total. The van der Waals surface area contributed by atoms with E-state index in [-0.39, 0.29) is 5.97 Å². The summed E-state index contributed by atoms with van der Waals surface area (Å²) in [6.45, 7) is 6.31. The number of hydrogen-bond acceptors (Lipinski definition) is 2. The van der Waals surface area contributed by atoms with Gasteiger partial charge in [0.2, 0.25) is 0 Å². The molecule has 0 aliphatic heterocycles. The van der Waals surface area contributed by atoms with Crippen molar-refractivity contribution in [2.24, 2.45) is 5.41 Å². The van der Waals surface area contributed by atoms with Crippen molar-refractivity contribution in [3.05, 3.63) is 91.0 Å². The van der Waals surface area contributed by atoms with Gasteiger partial charge in [-0.3, -0.25) is 0 Å². The fraction of sp³-hybridized carbons (Fsp3) is 0.321. The number of carbonyl (C=O) groups is 1. The zero-order chi connectivity index (χ0) is 22.2. The van der Waals surface area contributed by atoms with Gasteiger partial charge in [0, 0.05) is 0 Å². The maximum absolute atomic E-state index is 12.3. The number of esters is 1. The van der Waals surface area contributed by atoms with Crippen LogP contribution in [-0.4, -0.2) is 18.7 Å². The summed E-state index contributed by atoms with van der Waals surface area (Å²) in [5, 5.41) is 4.33. The van der Waals surface area contributed by atoms with E-state index in [2.05, 4.69) is 91.0 Å². The number of carbonyl (C=O) groups excluding carboxylic acids is 1. The molecule has 0 aliphatic carbocycles. The van der Waals surface area contributed by atoms with Crippen molar-refractivity contribution in [3.8, 4) is 0 Å². The molecule has 0 fully saturated rings. The summed E-state index contributed by atoms with van der Waals surface area (Å²) < 4.78 is 5.28. The third-order valence-corrected chi connectivity index (χ3v) is 11.3. The third-order valence-electron chi connectivity index (χ3n) is 6.23.